The Bertz CT molecular complexity index is 28.7. The van der Waals surface area contributed by atoms with Gasteiger partial charge in [0, 0.05) is 6.54 Å². The molecule has 0 atom stereocenters. The van der Waals surface area contributed by atoms with E-state index in [2.05, 4.69) is 0 Å². The summed E-state index contributed by atoms with van der Waals surface area (Å²) in [6.07, 6.45) is 0. The Labute approximate surface area is 37.5 Å². The van der Waals surface area contributed by atoms with Crippen LogP contribution in [0.3, 0.4) is 0 Å². The predicted octanol–water partition coefficient (Wildman–Crippen LogP) is 1.12. The van der Waals surface area contributed by atoms with Crippen molar-refractivity contribution in [1.29, 1.82) is 0 Å². The Balaban J connectivity index is 2.63. The van der Waals surface area contributed by atoms with Crippen LogP contribution in [0.5, 0.6) is 0 Å². The van der Waals surface area contributed by atoms with Gasteiger partial charge in [-0.15, -0.1) is 4.48 Å². The number of hydrogen-bond donors (Lipinski definition) is 1. The molecule has 0 saturated heterocycles. The van der Waals surface area contributed by atoms with Gasteiger partial charge in [0.05, 0.1) is 0 Å². The summed E-state index contributed by atoms with van der Waals surface area (Å²) in [5, 5.41) is 0. The summed E-state index contributed by atoms with van der Waals surface area (Å²) >= 11 is 0. The van der Waals surface area contributed by atoms with Gasteiger partial charge in [0.25, 0.3) is 0 Å². The Morgan fingerprint density at radius 3 is 2.17 bits per heavy atom. The molecule has 0 aromatic carbocycles. The van der Waals surface area contributed by atoms with E-state index in [9.17, 15) is 4.48 Å². The number of halogens is 1. The Kier molecular flexibility index (Phi) is 3.04. The SMILES string of the molecule is CC(C)CNF. The van der Waals surface area contributed by atoms with Gasteiger partial charge in [0.1, 0.15) is 0 Å². The second kappa shape index (κ2) is 3.09. The van der Waals surface area contributed by atoms with E-state index >= 15 is 0 Å². The maximum Gasteiger partial charge on any atom is 0.0282 e. The minimum atomic E-state index is 0.412. The van der Waals surface area contributed by atoms with Gasteiger partial charge in [-0.05, 0) is 5.92 Å². The van der Waals surface area contributed by atoms with E-state index in [1.165, 1.54) is 0 Å². The minimum absolute atomic E-state index is 0.412. The molecule has 0 rings (SSSR count). The molecule has 0 aliphatic heterocycles. The van der Waals surface area contributed by atoms with Crippen molar-refractivity contribution < 1.29 is 4.48 Å². The fraction of sp³-hybridized carbons (Fsp3) is 1.00. The normalized spacial score (nSPS) is 10.0. The third kappa shape index (κ3) is 3.89. The first-order valence-electron chi connectivity index (χ1n) is 2.11. The fourth-order valence-electron chi connectivity index (χ4n) is 0.154. The summed E-state index contributed by atoms with van der Waals surface area (Å²) in [5.74, 6) is 0.412. The van der Waals surface area contributed by atoms with Gasteiger partial charge < -0.3 is 0 Å². The lowest BCUT2D eigenvalue weighted by atomic mass is 10.2. The molecule has 0 aromatic rings. The average Bonchev–Trinajstić information content (AvgIpc) is 1.35. The molecule has 0 heterocycles. The topological polar surface area (TPSA) is 12.0 Å². The molecule has 0 aromatic heterocycles. The van der Waals surface area contributed by atoms with Gasteiger partial charge in [0.15, 0.2) is 0 Å². The van der Waals surface area contributed by atoms with E-state index in [1.54, 1.807) is 5.54 Å². The average molecular weight is 91.1 g/mol. The zero-order valence-electron chi connectivity index (χ0n) is 4.16. The number of rotatable bonds is 2. The molecular weight excluding hydrogens is 81.0 g/mol. The van der Waals surface area contributed by atoms with Crippen molar-refractivity contribution in [3.05, 3.63) is 0 Å². The molecule has 0 fully saturated rings. The lowest BCUT2D eigenvalue weighted by molar-refractivity contribution is 0.308. The highest BCUT2D eigenvalue weighted by atomic mass is 19.2. The van der Waals surface area contributed by atoms with E-state index in [0.717, 1.165) is 0 Å². The van der Waals surface area contributed by atoms with Crippen molar-refractivity contribution in [2.45, 2.75) is 13.8 Å². The van der Waals surface area contributed by atoms with Crippen LogP contribution < -0.4 is 5.54 Å². The molecule has 38 valence electrons. The van der Waals surface area contributed by atoms with Gasteiger partial charge in [-0.3, -0.25) is 0 Å². The number of hydrogen-bond acceptors (Lipinski definition) is 1. The van der Waals surface area contributed by atoms with E-state index in [1.807, 2.05) is 13.8 Å². The smallest absolute Gasteiger partial charge is 0.0282 e. The summed E-state index contributed by atoms with van der Waals surface area (Å²) < 4.78 is 11.0. The van der Waals surface area contributed by atoms with Crippen molar-refractivity contribution in [2.24, 2.45) is 5.92 Å². The standard InChI is InChI=1S/C4H10FN/c1-4(2)3-6-5/h4,6H,3H2,1-2H3. The maximum absolute atomic E-state index is 11.0. The van der Waals surface area contributed by atoms with Gasteiger partial charge in [-0.2, -0.15) is 5.54 Å². The summed E-state index contributed by atoms with van der Waals surface area (Å²) in [6, 6.07) is 0. The van der Waals surface area contributed by atoms with E-state index in [0.29, 0.717) is 12.5 Å². The van der Waals surface area contributed by atoms with Crippen LogP contribution in [0.25, 0.3) is 0 Å². The Morgan fingerprint density at radius 2 is 2.17 bits per heavy atom. The van der Waals surface area contributed by atoms with Gasteiger partial charge in [-0.25, -0.2) is 0 Å². The van der Waals surface area contributed by atoms with Crippen molar-refractivity contribution in [2.75, 3.05) is 6.54 Å². The van der Waals surface area contributed by atoms with Crippen LogP contribution in [0, 0.1) is 5.92 Å². The number of nitrogens with one attached hydrogen (secondary N) is 1. The molecule has 2 heteroatoms. The molecule has 6 heavy (non-hydrogen) atoms. The third-order valence-electron chi connectivity index (χ3n) is 0.485. The first-order valence-corrected chi connectivity index (χ1v) is 2.11. The van der Waals surface area contributed by atoms with Crippen LogP contribution in [0.4, 0.5) is 4.48 Å². The highest BCUT2D eigenvalue weighted by molar-refractivity contribution is 4.39. The zero-order valence-corrected chi connectivity index (χ0v) is 4.16. The molecular formula is C4H10FN. The Morgan fingerprint density at radius 1 is 1.67 bits per heavy atom. The molecule has 0 aliphatic rings. The van der Waals surface area contributed by atoms with Gasteiger partial charge in [0.2, 0.25) is 0 Å². The third-order valence-corrected chi connectivity index (χ3v) is 0.485. The van der Waals surface area contributed by atoms with E-state index in [4.69, 9.17) is 0 Å². The highest BCUT2D eigenvalue weighted by Crippen LogP contribution is 1.84. The monoisotopic (exact) mass is 91.1 g/mol. The van der Waals surface area contributed by atoms with Crippen LogP contribution in [-0.2, 0) is 0 Å². The van der Waals surface area contributed by atoms with Gasteiger partial charge >= 0.3 is 0 Å². The minimum Gasteiger partial charge on any atom is -0.159 e. The molecule has 0 aliphatic carbocycles. The van der Waals surface area contributed by atoms with Crippen LogP contribution >= 0.6 is 0 Å². The molecule has 0 unspecified atom stereocenters. The van der Waals surface area contributed by atoms with Crippen molar-refractivity contribution in [3.63, 3.8) is 0 Å². The van der Waals surface area contributed by atoms with Crippen molar-refractivity contribution >= 4 is 0 Å². The fourth-order valence-corrected chi connectivity index (χ4v) is 0.154. The van der Waals surface area contributed by atoms with Gasteiger partial charge in [-0.1, -0.05) is 13.8 Å². The van der Waals surface area contributed by atoms with Crippen LogP contribution in [0.15, 0.2) is 0 Å². The van der Waals surface area contributed by atoms with Crippen LogP contribution in [0.2, 0.25) is 0 Å². The second-order valence-corrected chi connectivity index (χ2v) is 1.73. The first kappa shape index (κ1) is 5.89. The van der Waals surface area contributed by atoms with E-state index < -0.39 is 0 Å². The quantitative estimate of drug-likeness (QED) is 0.502. The predicted molar refractivity (Wildman–Crippen MR) is 23.9 cm³/mol. The molecule has 0 radical (unpaired) electrons. The first-order chi connectivity index (χ1) is 2.77. The molecule has 0 bridgehead atoms. The molecule has 0 saturated carbocycles. The molecule has 1 nitrogen and oxygen atoms in total. The van der Waals surface area contributed by atoms with E-state index in [-0.39, 0.29) is 0 Å². The molecule has 0 amide bonds. The van der Waals surface area contributed by atoms with Crippen LogP contribution in [-0.4, -0.2) is 6.54 Å². The largest absolute Gasteiger partial charge is 0.159 e. The highest BCUT2D eigenvalue weighted by Gasteiger charge is 1.86. The summed E-state index contributed by atoms with van der Waals surface area (Å²) in [5.41, 5.74) is 1.57. The summed E-state index contributed by atoms with van der Waals surface area (Å²) in [6.45, 7) is 4.36. The summed E-state index contributed by atoms with van der Waals surface area (Å²) in [7, 11) is 0. The van der Waals surface area contributed by atoms with Crippen molar-refractivity contribution in [1.82, 2.24) is 5.54 Å². The zero-order chi connectivity index (χ0) is 4.99. The second-order valence-electron chi connectivity index (χ2n) is 1.73. The summed E-state index contributed by atoms with van der Waals surface area (Å²) in [4.78, 5) is 0. The lowest BCUT2D eigenvalue weighted by Crippen LogP contribution is -2.08. The molecule has 1 N–H and O–H groups in total. The molecule has 0 spiro atoms. The lowest BCUT2D eigenvalue weighted by Gasteiger charge is -1.95. The van der Waals surface area contributed by atoms with Crippen molar-refractivity contribution in [3.8, 4) is 0 Å². The Hall–Kier alpha value is -0.110. The maximum atomic E-state index is 11.0. The van der Waals surface area contributed by atoms with Crippen LogP contribution in [0.1, 0.15) is 13.8 Å².